The van der Waals surface area contributed by atoms with E-state index in [4.69, 9.17) is 0 Å². The van der Waals surface area contributed by atoms with Crippen molar-refractivity contribution in [3.63, 3.8) is 0 Å². The lowest BCUT2D eigenvalue weighted by atomic mass is 10.1. The number of nitrogens with one attached hydrogen (secondary N) is 2. The Morgan fingerprint density at radius 1 is 1.37 bits per heavy atom. The summed E-state index contributed by atoms with van der Waals surface area (Å²) < 4.78 is 29.1. The number of thiophene rings is 1. The molecule has 2 atom stereocenters. The molecule has 1 aliphatic rings. The second-order valence-corrected chi connectivity index (χ2v) is 11.5. The van der Waals surface area contributed by atoms with Gasteiger partial charge in [-0.3, -0.25) is 9.52 Å². The van der Waals surface area contributed by atoms with Crippen LogP contribution < -0.4 is 10.0 Å². The number of sulfone groups is 1. The Kier molecular flexibility index (Phi) is 7.01. The van der Waals surface area contributed by atoms with Crippen molar-refractivity contribution in [3.05, 3.63) is 57.1 Å². The van der Waals surface area contributed by atoms with E-state index >= 15 is 0 Å². The quantitative estimate of drug-likeness (QED) is 0.341. The van der Waals surface area contributed by atoms with E-state index in [2.05, 4.69) is 14.9 Å². The van der Waals surface area contributed by atoms with E-state index in [1.807, 2.05) is 13.0 Å². The normalized spacial score (nSPS) is 19.7. The van der Waals surface area contributed by atoms with Gasteiger partial charge in [-0.1, -0.05) is 19.1 Å². The molecular weight excluding hydrogens is 450 g/mol. The van der Waals surface area contributed by atoms with Gasteiger partial charge in [0.2, 0.25) is 0 Å². The van der Waals surface area contributed by atoms with Gasteiger partial charge in [0.05, 0.1) is 9.46 Å². The van der Waals surface area contributed by atoms with Crippen LogP contribution in [-0.2, 0) is 21.3 Å². The maximum Gasteiger partial charge on any atom is 0.294 e. The number of carbonyl (C=O) groups excluding carboxylic acids is 1. The Morgan fingerprint density at radius 3 is 2.70 bits per heavy atom. The molecule has 0 fully saturated rings. The van der Waals surface area contributed by atoms with E-state index in [1.54, 1.807) is 31.2 Å². The van der Waals surface area contributed by atoms with Crippen molar-refractivity contribution in [2.24, 2.45) is 0 Å². The zero-order valence-corrected chi connectivity index (χ0v) is 18.7. The number of amides is 1. The Bertz CT molecular complexity index is 1040. The Balaban J connectivity index is 1.68. The lowest BCUT2D eigenvalue weighted by molar-refractivity contribution is -0.763. The molecule has 1 amide bonds. The maximum atomic E-state index is 12.7. The molecule has 0 radical (unpaired) electrons. The largest absolute Gasteiger partial charge is 0.310 e. The van der Waals surface area contributed by atoms with Gasteiger partial charge in [0, 0.05) is 11.6 Å². The van der Waals surface area contributed by atoms with Crippen LogP contribution >= 0.6 is 23.3 Å². The predicted molar refractivity (Wildman–Crippen MR) is 114 cm³/mol. The molecule has 2 N–H and O–H groups in total. The highest BCUT2D eigenvalue weighted by Crippen LogP contribution is 2.43. The highest BCUT2D eigenvalue weighted by molar-refractivity contribution is 8.00. The summed E-state index contributed by atoms with van der Waals surface area (Å²) >= 11 is 2.23. The molecule has 0 saturated carbocycles. The molecule has 0 saturated heterocycles. The van der Waals surface area contributed by atoms with Crippen LogP contribution in [0.15, 0.2) is 38.8 Å². The van der Waals surface area contributed by atoms with Crippen LogP contribution in [0.1, 0.15) is 47.8 Å². The van der Waals surface area contributed by atoms with Crippen LogP contribution in [0.4, 0.5) is 0 Å². The first kappa shape index (κ1) is 22.5. The molecule has 1 aliphatic heterocycles. The second-order valence-electron chi connectivity index (χ2n) is 6.74. The Hall–Kier alpha value is -2.15. The number of hydrogen-bond donors (Lipinski definition) is 2. The zero-order chi connectivity index (χ0) is 21.9. The first-order chi connectivity index (χ1) is 14.2. The Labute approximate surface area is 182 Å². The fourth-order valence-electron chi connectivity index (χ4n) is 3.12. The lowest BCUT2D eigenvalue weighted by Crippen LogP contribution is -2.33. The van der Waals surface area contributed by atoms with Gasteiger partial charge < -0.3 is 10.2 Å². The SMILES string of the molecule is CCNC1CC(C)S(=O)(=O)c2sc(SNC(=O)c3ccc(CO[N+](=O)[O-])cc3)cc21. The predicted octanol–water partition coefficient (Wildman–Crippen LogP) is 3.11. The molecule has 162 valence electrons. The van der Waals surface area contributed by atoms with Gasteiger partial charge in [0.1, 0.15) is 10.8 Å². The van der Waals surface area contributed by atoms with Gasteiger partial charge in [-0.15, -0.1) is 21.5 Å². The molecule has 0 spiro atoms. The molecule has 0 aliphatic carbocycles. The standard InChI is InChI=1S/C18H21N3O6S3/c1-3-19-15-8-11(2)30(25,26)18-14(15)9-16(28-18)29-20-17(22)13-6-4-12(5-7-13)10-27-21(23)24/h4-7,9,11,15,19H,3,8,10H2,1-2H3,(H,20,22). The van der Waals surface area contributed by atoms with Crippen LogP contribution in [0.25, 0.3) is 0 Å². The van der Waals surface area contributed by atoms with E-state index < -0.39 is 20.2 Å². The summed E-state index contributed by atoms with van der Waals surface area (Å²) in [6, 6.07) is 8.02. The monoisotopic (exact) mass is 471 g/mol. The van der Waals surface area contributed by atoms with Gasteiger partial charge >= 0.3 is 0 Å². The first-order valence-electron chi connectivity index (χ1n) is 9.16. The first-order valence-corrected chi connectivity index (χ1v) is 12.3. The molecule has 12 heteroatoms. The number of benzene rings is 1. The number of fused-ring (bicyclic) bond motifs is 1. The van der Waals surface area contributed by atoms with Gasteiger partial charge in [0.25, 0.3) is 11.0 Å². The van der Waals surface area contributed by atoms with E-state index in [0.29, 0.717) is 26.0 Å². The molecule has 1 aromatic heterocycles. The summed E-state index contributed by atoms with van der Waals surface area (Å²) in [5.41, 5.74) is 1.70. The average molecular weight is 472 g/mol. The number of rotatable bonds is 8. The topological polar surface area (TPSA) is 128 Å². The second kappa shape index (κ2) is 9.33. The van der Waals surface area contributed by atoms with Crippen LogP contribution in [0.2, 0.25) is 0 Å². The summed E-state index contributed by atoms with van der Waals surface area (Å²) in [5.74, 6) is -0.354. The minimum atomic E-state index is -3.37. The van der Waals surface area contributed by atoms with Crippen molar-refractivity contribution in [2.45, 2.75) is 46.6 Å². The van der Waals surface area contributed by atoms with Crippen LogP contribution in [0, 0.1) is 10.1 Å². The summed E-state index contributed by atoms with van der Waals surface area (Å²) in [6.07, 6.45) is 0.517. The third-order valence-electron chi connectivity index (χ3n) is 4.68. The van der Waals surface area contributed by atoms with Crippen molar-refractivity contribution in [1.29, 1.82) is 0 Å². The molecule has 2 unspecified atom stereocenters. The maximum absolute atomic E-state index is 12.7. The smallest absolute Gasteiger partial charge is 0.294 e. The van der Waals surface area contributed by atoms with Crippen LogP contribution in [0.3, 0.4) is 0 Å². The van der Waals surface area contributed by atoms with E-state index in [1.165, 1.54) is 0 Å². The number of hydrogen-bond acceptors (Lipinski definition) is 9. The summed E-state index contributed by atoms with van der Waals surface area (Å²) in [4.78, 5) is 26.9. The molecule has 0 bridgehead atoms. The minimum absolute atomic E-state index is 0.0289. The number of nitrogens with zero attached hydrogens (tertiary/aromatic N) is 1. The van der Waals surface area contributed by atoms with Gasteiger partial charge in [0.15, 0.2) is 9.84 Å². The summed E-state index contributed by atoms with van der Waals surface area (Å²) in [6.45, 7) is 4.24. The molecule has 2 heterocycles. The van der Waals surface area contributed by atoms with Crippen molar-refractivity contribution < 1.29 is 23.1 Å². The number of carbonyl (C=O) groups is 1. The van der Waals surface area contributed by atoms with Gasteiger partial charge in [-0.25, -0.2) is 8.42 Å². The highest BCUT2D eigenvalue weighted by Gasteiger charge is 2.38. The van der Waals surface area contributed by atoms with E-state index in [0.717, 1.165) is 35.4 Å². The minimum Gasteiger partial charge on any atom is -0.310 e. The molecule has 9 nitrogen and oxygen atoms in total. The fourth-order valence-corrected chi connectivity index (χ4v) is 7.58. The molecule has 2 aromatic rings. The van der Waals surface area contributed by atoms with Crippen molar-refractivity contribution in [3.8, 4) is 0 Å². The lowest BCUT2D eigenvalue weighted by Gasteiger charge is -2.27. The van der Waals surface area contributed by atoms with Gasteiger partial charge in [-0.2, -0.15) is 0 Å². The fraction of sp³-hybridized carbons (Fsp3) is 0.389. The van der Waals surface area contributed by atoms with Crippen LogP contribution in [0.5, 0.6) is 0 Å². The van der Waals surface area contributed by atoms with E-state index in [9.17, 15) is 23.3 Å². The van der Waals surface area contributed by atoms with Crippen molar-refractivity contribution in [2.75, 3.05) is 6.54 Å². The highest BCUT2D eigenvalue weighted by atomic mass is 32.2. The zero-order valence-electron chi connectivity index (χ0n) is 16.3. The third kappa shape index (κ3) is 4.94. The molecule has 1 aromatic carbocycles. The molecule has 30 heavy (non-hydrogen) atoms. The van der Waals surface area contributed by atoms with Crippen molar-refractivity contribution >= 4 is 39.0 Å². The molecular formula is C18H21N3O6S3. The average Bonchev–Trinajstić information content (AvgIpc) is 3.15. The van der Waals surface area contributed by atoms with Gasteiger partial charge in [-0.05, 0) is 61.2 Å². The van der Waals surface area contributed by atoms with Crippen LogP contribution in [-0.4, -0.2) is 31.2 Å². The summed E-state index contributed by atoms with van der Waals surface area (Å²) in [5, 5.41) is 12.2. The molecule has 3 rings (SSSR count). The Morgan fingerprint density at radius 2 is 2.07 bits per heavy atom. The van der Waals surface area contributed by atoms with Crippen molar-refractivity contribution in [1.82, 2.24) is 10.0 Å². The third-order valence-corrected chi connectivity index (χ3v) is 9.48. The summed E-state index contributed by atoms with van der Waals surface area (Å²) in [7, 11) is -3.37. The van der Waals surface area contributed by atoms with E-state index in [-0.39, 0.29) is 18.6 Å².